The maximum absolute atomic E-state index is 2.22. The van der Waals surface area contributed by atoms with E-state index in [-0.39, 0.29) is 0 Å². The molecule has 0 fully saturated rings. The maximum atomic E-state index is 2.22. The normalized spacial score (nSPS) is 11.9. The van der Waals surface area contributed by atoms with E-state index in [9.17, 15) is 0 Å². The Morgan fingerprint density at radius 1 is 1.19 bits per heavy atom. The van der Waals surface area contributed by atoms with Crippen LogP contribution in [0.5, 0.6) is 0 Å². The fraction of sp³-hybridized carbons (Fsp3) is 0.429. The first-order chi connectivity index (χ1) is 7.58. The van der Waals surface area contributed by atoms with Crippen molar-refractivity contribution >= 4 is 17.8 Å². The molecule has 0 bridgehead atoms. The molecule has 1 aromatic carbocycles. The van der Waals surface area contributed by atoms with Gasteiger partial charge in [-0.15, -0.1) is 11.8 Å². The summed E-state index contributed by atoms with van der Waals surface area (Å²) in [5, 5.41) is 0.648. The minimum atomic E-state index is 0.648. The fourth-order valence-corrected chi connectivity index (χ4v) is 2.17. The van der Waals surface area contributed by atoms with Gasteiger partial charge in [0, 0.05) is 16.7 Å². The fourth-order valence-electron chi connectivity index (χ4n) is 1.33. The smallest absolute Gasteiger partial charge is 0.0160 e. The van der Waals surface area contributed by atoms with E-state index in [4.69, 9.17) is 0 Å². The third-order valence-electron chi connectivity index (χ3n) is 2.03. The number of hydrogen-bond donors (Lipinski definition) is 0. The molecule has 0 radical (unpaired) electrons. The van der Waals surface area contributed by atoms with Crippen molar-refractivity contribution in [2.75, 3.05) is 20.6 Å². The molecular formula is C14H21NS. The monoisotopic (exact) mass is 235 g/mol. The molecule has 0 saturated heterocycles. The van der Waals surface area contributed by atoms with Gasteiger partial charge >= 0.3 is 0 Å². The van der Waals surface area contributed by atoms with Crippen molar-refractivity contribution in [3.63, 3.8) is 0 Å². The van der Waals surface area contributed by atoms with E-state index in [2.05, 4.69) is 69.3 Å². The van der Waals surface area contributed by atoms with Gasteiger partial charge in [-0.1, -0.05) is 38.1 Å². The Balaban J connectivity index is 2.54. The third kappa shape index (κ3) is 5.38. The van der Waals surface area contributed by atoms with Gasteiger partial charge in [-0.05, 0) is 31.8 Å². The van der Waals surface area contributed by atoms with Gasteiger partial charge < -0.3 is 4.90 Å². The van der Waals surface area contributed by atoms with Crippen LogP contribution in [0.3, 0.4) is 0 Å². The number of benzene rings is 1. The van der Waals surface area contributed by atoms with Crippen molar-refractivity contribution in [3.8, 4) is 0 Å². The predicted molar refractivity (Wildman–Crippen MR) is 75.0 cm³/mol. The molecule has 0 heterocycles. The topological polar surface area (TPSA) is 3.24 Å². The maximum Gasteiger partial charge on any atom is 0.0160 e. The molecule has 1 rings (SSSR count). The van der Waals surface area contributed by atoms with Crippen molar-refractivity contribution < 1.29 is 0 Å². The Kier molecular flexibility index (Phi) is 5.64. The second-order valence-electron chi connectivity index (χ2n) is 4.40. The molecule has 0 saturated carbocycles. The van der Waals surface area contributed by atoms with E-state index >= 15 is 0 Å². The zero-order valence-electron chi connectivity index (χ0n) is 10.6. The lowest BCUT2D eigenvalue weighted by atomic mass is 10.2. The van der Waals surface area contributed by atoms with Crippen LogP contribution in [0, 0.1) is 0 Å². The minimum absolute atomic E-state index is 0.648. The SMILES string of the molecule is CC(C)Sc1ccc(C=CCN(C)C)cc1. The van der Waals surface area contributed by atoms with Gasteiger partial charge in [0.1, 0.15) is 0 Å². The van der Waals surface area contributed by atoms with E-state index in [0.29, 0.717) is 5.25 Å². The van der Waals surface area contributed by atoms with Crippen LogP contribution < -0.4 is 0 Å². The van der Waals surface area contributed by atoms with E-state index in [1.54, 1.807) is 0 Å². The molecule has 2 heteroatoms. The van der Waals surface area contributed by atoms with Gasteiger partial charge in [0.2, 0.25) is 0 Å². The summed E-state index contributed by atoms with van der Waals surface area (Å²) in [5.41, 5.74) is 1.27. The first-order valence-corrected chi connectivity index (χ1v) is 6.54. The van der Waals surface area contributed by atoms with Crippen molar-refractivity contribution in [1.29, 1.82) is 0 Å². The minimum Gasteiger partial charge on any atom is -0.306 e. The summed E-state index contributed by atoms with van der Waals surface area (Å²) < 4.78 is 0. The molecule has 0 amide bonds. The van der Waals surface area contributed by atoms with Gasteiger partial charge in [0.15, 0.2) is 0 Å². The molecule has 0 N–H and O–H groups in total. The van der Waals surface area contributed by atoms with Crippen LogP contribution in [-0.2, 0) is 0 Å². The lowest BCUT2D eigenvalue weighted by molar-refractivity contribution is 0.457. The van der Waals surface area contributed by atoms with Crippen LogP contribution in [-0.4, -0.2) is 30.8 Å². The Hall–Kier alpha value is -0.730. The molecule has 0 spiro atoms. The molecule has 1 aromatic rings. The molecule has 0 aromatic heterocycles. The summed E-state index contributed by atoms with van der Waals surface area (Å²) >= 11 is 1.90. The summed E-state index contributed by atoms with van der Waals surface area (Å²) in [5.74, 6) is 0. The lowest BCUT2D eigenvalue weighted by Gasteiger charge is -2.05. The molecule has 0 aliphatic heterocycles. The average Bonchev–Trinajstić information content (AvgIpc) is 2.19. The van der Waals surface area contributed by atoms with Crippen molar-refractivity contribution in [1.82, 2.24) is 4.90 Å². The number of nitrogens with zero attached hydrogens (tertiary/aromatic N) is 1. The van der Waals surface area contributed by atoms with E-state index in [1.165, 1.54) is 10.5 Å². The average molecular weight is 235 g/mol. The van der Waals surface area contributed by atoms with Crippen molar-refractivity contribution in [3.05, 3.63) is 35.9 Å². The molecule has 0 aliphatic rings. The number of thioether (sulfide) groups is 1. The van der Waals surface area contributed by atoms with Crippen molar-refractivity contribution in [2.24, 2.45) is 0 Å². The molecule has 1 nitrogen and oxygen atoms in total. The van der Waals surface area contributed by atoms with Gasteiger partial charge in [-0.25, -0.2) is 0 Å². The lowest BCUT2D eigenvalue weighted by Crippen LogP contribution is -2.10. The first kappa shape index (κ1) is 13.3. The quantitative estimate of drug-likeness (QED) is 0.715. The Bertz CT molecular complexity index is 325. The van der Waals surface area contributed by atoms with E-state index in [1.807, 2.05) is 11.8 Å². The van der Waals surface area contributed by atoms with Gasteiger partial charge in [0.25, 0.3) is 0 Å². The molecule has 0 atom stereocenters. The highest BCUT2D eigenvalue weighted by Gasteiger charge is 1.97. The highest BCUT2D eigenvalue weighted by Crippen LogP contribution is 2.23. The number of rotatable bonds is 5. The molecule has 16 heavy (non-hydrogen) atoms. The summed E-state index contributed by atoms with van der Waals surface area (Å²) in [7, 11) is 4.15. The summed E-state index contributed by atoms with van der Waals surface area (Å²) in [6.07, 6.45) is 4.36. The Morgan fingerprint density at radius 2 is 1.81 bits per heavy atom. The Labute approximate surface area is 104 Å². The summed E-state index contributed by atoms with van der Waals surface area (Å²) in [4.78, 5) is 3.50. The van der Waals surface area contributed by atoms with Crippen LogP contribution in [0.2, 0.25) is 0 Å². The van der Waals surface area contributed by atoms with Crippen LogP contribution >= 0.6 is 11.8 Å². The summed E-state index contributed by atoms with van der Waals surface area (Å²) in [6.45, 7) is 5.42. The van der Waals surface area contributed by atoms with E-state index in [0.717, 1.165) is 6.54 Å². The van der Waals surface area contributed by atoms with Gasteiger partial charge in [-0.2, -0.15) is 0 Å². The summed E-state index contributed by atoms with van der Waals surface area (Å²) in [6, 6.07) is 8.74. The third-order valence-corrected chi connectivity index (χ3v) is 3.05. The first-order valence-electron chi connectivity index (χ1n) is 5.66. The van der Waals surface area contributed by atoms with Crippen LogP contribution in [0.15, 0.2) is 35.2 Å². The zero-order chi connectivity index (χ0) is 12.0. The standard InChI is InChI=1S/C14H21NS/c1-12(2)16-14-9-7-13(8-10-14)6-5-11-15(3)4/h5-10,12H,11H2,1-4H3. The molecule has 0 aliphatic carbocycles. The molecular weight excluding hydrogens is 214 g/mol. The van der Waals surface area contributed by atoms with Crippen LogP contribution in [0.25, 0.3) is 6.08 Å². The largest absolute Gasteiger partial charge is 0.306 e. The number of hydrogen-bond acceptors (Lipinski definition) is 2. The van der Waals surface area contributed by atoms with Crippen LogP contribution in [0.4, 0.5) is 0 Å². The number of likely N-dealkylation sites (N-methyl/N-ethyl adjacent to an activating group) is 1. The van der Waals surface area contributed by atoms with E-state index < -0.39 is 0 Å². The molecule has 0 unspecified atom stereocenters. The highest BCUT2D eigenvalue weighted by atomic mass is 32.2. The predicted octanol–water partition coefficient (Wildman–Crippen LogP) is 3.76. The van der Waals surface area contributed by atoms with Crippen LogP contribution in [0.1, 0.15) is 19.4 Å². The van der Waals surface area contributed by atoms with Gasteiger partial charge in [0.05, 0.1) is 0 Å². The van der Waals surface area contributed by atoms with Crippen molar-refractivity contribution in [2.45, 2.75) is 24.0 Å². The second kappa shape index (κ2) is 6.77. The zero-order valence-corrected chi connectivity index (χ0v) is 11.4. The second-order valence-corrected chi connectivity index (χ2v) is 6.05. The van der Waals surface area contributed by atoms with Gasteiger partial charge in [-0.3, -0.25) is 0 Å². The highest BCUT2D eigenvalue weighted by molar-refractivity contribution is 7.99. The Morgan fingerprint density at radius 3 is 2.31 bits per heavy atom. The molecule has 88 valence electrons.